The summed E-state index contributed by atoms with van der Waals surface area (Å²) in [5.41, 5.74) is 2.99. The summed E-state index contributed by atoms with van der Waals surface area (Å²) in [7, 11) is 0. The van der Waals surface area contributed by atoms with Gasteiger partial charge in [-0.05, 0) is 24.3 Å². The maximum Gasteiger partial charge on any atom is 0.416 e. The molecule has 1 heterocycles. The lowest BCUT2D eigenvalue weighted by atomic mass is 10.2. The normalized spacial score (nSPS) is 10.3. The van der Waals surface area contributed by atoms with Crippen LogP contribution in [-0.4, -0.2) is 16.0 Å². The smallest absolute Gasteiger partial charge is 0.351 e. The molecule has 3 N–H and O–H groups in total. The zero-order valence-corrected chi connectivity index (χ0v) is 10.4. The Labute approximate surface area is 116 Å². The summed E-state index contributed by atoms with van der Waals surface area (Å²) >= 11 is 0. The van der Waals surface area contributed by atoms with Crippen molar-refractivity contribution in [2.24, 2.45) is 5.73 Å². The van der Waals surface area contributed by atoms with Crippen LogP contribution in [0, 0.1) is 5.82 Å². The van der Waals surface area contributed by atoms with Crippen molar-refractivity contribution >= 4 is 11.7 Å². The van der Waals surface area contributed by atoms with Crippen LogP contribution >= 0.6 is 0 Å². The molecule has 0 aliphatic rings. The molecule has 21 heavy (non-hydrogen) atoms. The molecule has 0 saturated carbocycles. The lowest BCUT2D eigenvalue weighted by molar-refractivity contribution is -0.137. The Morgan fingerprint density at radius 2 is 1.81 bits per heavy atom. The highest BCUT2D eigenvalue weighted by atomic mass is 19.4. The molecule has 0 unspecified atom stereocenters. The summed E-state index contributed by atoms with van der Waals surface area (Å²) in [6.07, 6.45) is 0.280. The minimum atomic E-state index is -4.60. The van der Waals surface area contributed by atoms with E-state index >= 15 is 0 Å². The van der Waals surface area contributed by atoms with E-state index in [1.54, 1.807) is 23.8 Å². The number of rotatable bonds is 1. The van der Waals surface area contributed by atoms with Gasteiger partial charge in [0.05, 0.1) is 11.3 Å². The Morgan fingerprint density at radius 1 is 1.19 bits per heavy atom. The van der Waals surface area contributed by atoms with Crippen LogP contribution in [0.3, 0.4) is 0 Å². The lowest BCUT2D eigenvalue weighted by Crippen LogP contribution is -2.20. The van der Waals surface area contributed by atoms with Crippen LogP contribution < -0.4 is 11.1 Å². The first-order valence-corrected chi connectivity index (χ1v) is 5.44. The Hall–Kier alpha value is -2.71. The van der Waals surface area contributed by atoms with Gasteiger partial charge in [-0.1, -0.05) is 0 Å². The number of aromatic nitrogens is 2. The molecule has 2 rings (SSSR count). The van der Waals surface area contributed by atoms with Crippen molar-refractivity contribution in [1.29, 1.82) is 0 Å². The number of carbonyl (C=O) groups is 1. The van der Waals surface area contributed by atoms with Crippen LogP contribution in [-0.2, 0) is 6.18 Å². The van der Waals surface area contributed by atoms with Gasteiger partial charge in [0, 0.05) is 12.4 Å². The number of hydrogen-bond acceptors (Lipinski definition) is 3. The fraction of sp³-hybridized carbons (Fsp3) is 0.0833. The molecule has 112 valence electrons. The van der Waals surface area contributed by atoms with Gasteiger partial charge < -0.3 is 11.1 Å². The van der Waals surface area contributed by atoms with Crippen molar-refractivity contribution in [3.8, 4) is 0 Å². The number of alkyl halides is 3. The average Bonchev–Trinajstić information content (AvgIpc) is 2.42. The van der Waals surface area contributed by atoms with E-state index in [-0.39, 0.29) is 0 Å². The second kappa shape index (κ2) is 7.17. The zero-order chi connectivity index (χ0) is 15.9. The minimum Gasteiger partial charge on any atom is -0.351 e. The van der Waals surface area contributed by atoms with Crippen LogP contribution in [0.4, 0.5) is 28.0 Å². The van der Waals surface area contributed by atoms with Gasteiger partial charge in [-0.25, -0.2) is 19.2 Å². The number of benzene rings is 1. The number of nitrogens with two attached hydrogens (primary N) is 1. The van der Waals surface area contributed by atoms with Crippen molar-refractivity contribution in [2.45, 2.75) is 6.18 Å². The fourth-order valence-corrected chi connectivity index (χ4v) is 1.18. The summed E-state index contributed by atoms with van der Waals surface area (Å²) in [6, 6.07) is 2.30. The van der Waals surface area contributed by atoms with E-state index in [4.69, 9.17) is 0 Å². The van der Waals surface area contributed by atoms with Crippen molar-refractivity contribution in [3.63, 3.8) is 0 Å². The standard InChI is InChI=1S/C8H6F4N2O.C4H4N2/c9-5-2-1-4(8(10,11)12)3-6(5)14-7(13)15;1-2-5-4-6-3-1/h1-3H,(H3,13,14,15);1-4H. The maximum atomic E-state index is 12.9. The quantitative estimate of drug-likeness (QED) is 0.795. The van der Waals surface area contributed by atoms with Crippen LogP contribution in [0.5, 0.6) is 0 Å². The second-order valence-corrected chi connectivity index (χ2v) is 3.59. The topological polar surface area (TPSA) is 80.9 Å². The molecule has 1 aromatic heterocycles. The highest BCUT2D eigenvalue weighted by Crippen LogP contribution is 2.31. The number of hydrogen-bond donors (Lipinski definition) is 2. The minimum absolute atomic E-state index is 0.472. The van der Waals surface area contributed by atoms with Crippen molar-refractivity contribution in [3.05, 3.63) is 54.4 Å². The third kappa shape index (κ3) is 5.85. The summed E-state index contributed by atoms with van der Waals surface area (Å²) in [5.74, 6) is -0.984. The molecule has 0 saturated heterocycles. The molecule has 9 heteroatoms. The van der Waals surface area contributed by atoms with Crippen LogP contribution in [0.2, 0.25) is 0 Å². The predicted octanol–water partition coefficient (Wildman–Crippen LogP) is 2.81. The molecule has 5 nitrogen and oxygen atoms in total. The van der Waals surface area contributed by atoms with E-state index in [1.165, 1.54) is 6.33 Å². The summed E-state index contributed by atoms with van der Waals surface area (Å²) in [4.78, 5) is 17.7. The molecular weight excluding hydrogens is 292 g/mol. The molecule has 0 atom stereocenters. The van der Waals surface area contributed by atoms with Crippen LogP contribution in [0.25, 0.3) is 0 Å². The molecule has 0 aliphatic heterocycles. The van der Waals surface area contributed by atoms with Gasteiger partial charge in [0.2, 0.25) is 0 Å². The number of amides is 2. The van der Waals surface area contributed by atoms with Crippen molar-refractivity contribution in [2.75, 3.05) is 5.32 Å². The largest absolute Gasteiger partial charge is 0.416 e. The third-order valence-electron chi connectivity index (χ3n) is 2.03. The molecule has 0 fully saturated rings. The van der Waals surface area contributed by atoms with E-state index in [0.29, 0.717) is 18.2 Å². The molecule has 0 aliphatic carbocycles. The number of urea groups is 1. The number of nitrogens with one attached hydrogen (secondary N) is 1. The summed E-state index contributed by atoms with van der Waals surface area (Å²) in [5, 5.41) is 1.75. The Morgan fingerprint density at radius 3 is 2.19 bits per heavy atom. The number of anilines is 1. The van der Waals surface area contributed by atoms with Crippen LogP contribution in [0.15, 0.2) is 43.0 Å². The molecule has 0 bridgehead atoms. The van der Waals surface area contributed by atoms with Crippen molar-refractivity contribution < 1.29 is 22.4 Å². The fourth-order valence-electron chi connectivity index (χ4n) is 1.18. The van der Waals surface area contributed by atoms with E-state index in [9.17, 15) is 22.4 Å². The van der Waals surface area contributed by atoms with E-state index in [1.807, 2.05) is 0 Å². The van der Waals surface area contributed by atoms with Crippen LogP contribution in [0.1, 0.15) is 5.56 Å². The van der Waals surface area contributed by atoms with Gasteiger partial charge in [-0.2, -0.15) is 13.2 Å². The van der Waals surface area contributed by atoms with Gasteiger partial charge in [-0.15, -0.1) is 0 Å². The predicted molar refractivity (Wildman–Crippen MR) is 66.6 cm³/mol. The number of halogens is 4. The van der Waals surface area contributed by atoms with Crippen molar-refractivity contribution in [1.82, 2.24) is 9.97 Å². The molecule has 0 spiro atoms. The monoisotopic (exact) mass is 302 g/mol. The molecule has 2 amide bonds. The van der Waals surface area contributed by atoms with E-state index in [2.05, 4.69) is 15.7 Å². The Kier molecular flexibility index (Phi) is 5.58. The number of carbonyl (C=O) groups excluding carboxylic acids is 1. The molecule has 1 aromatic carbocycles. The maximum absolute atomic E-state index is 12.9. The first-order valence-electron chi connectivity index (χ1n) is 5.44. The van der Waals surface area contributed by atoms with Gasteiger partial charge >= 0.3 is 12.2 Å². The summed E-state index contributed by atoms with van der Waals surface area (Å²) in [6.45, 7) is 0. The zero-order valence-electron chi connectivity index (χ0n) is 10.4. The SMILES string of the molecule is NC(=O)Nc1cc(C(F)(F)F)ccc1F.c1cncnc1. The van der Waals surface area contributed by atoms with Gasteiger partial charge in [0.1, 0.15) is 12.1 Å². The highest BCUT2D eigenvalue weighted by Gasteiger charge is 2.31. The first-order chi connectivity index (χ1) is 9.80. The Balaban J connectivity index is 0.000000304. The number of primary amides is 1. The molecular formula is C12H10F4N4O. The van der Waals surface area contributed by atoms with Gasteiger partial charge in [-0.3, -0.25) is 0 Å². The molecule has 2 aromatic rings. The van der Waals surface area contributed by atoms with E-state index in [0.717, 1.165) is 0 Å². The summed E-state index contributed by atoms with van der Waals surface area (Å²) < 4.78 is 49.4. The average molecular weight is 302 g/mol. The van der Waals surface area contributed by atoms with E-state index < -0.39 is 29.3 Å². The van der Waals surface area contributed by atoms with Gasteiger partial charge in [0.15, 0.2) is 0 Å². The number of nitrogens with zero attached hydrogens (tertiary/aromatic N) is 2. The highest BCUT2D eigenvalue weighted by molar-refractivity contribution is 5.88. The first kappa shape index (κ1) is 16.3. The lowest BCUT2D eigenvalue weighted by Gasteiger charge is -2.09. The second-order valence-electron chi connectivity index (χ2n) is 3.59. The molecule has 0 radical (unpaired) electrons. The van der Waals surface area contributed by atoms with Gasteiger partial charge in [0.25, 0.3) is 0 Å². The third-order valence-corrected chi connectivity index (χ3v) is 2.03. The Bertz CT molecular complexity index is 563.